The smallest absolute Gasteiger partial charge is 0.251 e. The molecule has 1 heterocycles. The Kier molecular flexibility index (Phi) is 5.80. The number of rotatable bonds is 5. The molecule has 0 radical (unpaired) electrons. The van der Waals surface area contributed by atoms with Crippen molar-refractivity contribution in [2.24, 2.45) is 5.92 Å². The van der Waals surface area contributed by atoms with Gasteiger partial charge in [0.1, 0.15) is 0 Å². The van der Waals surface area contributed by atoms with Crippen molar-refractivity contribution in [3.63, 3.8) is 0 Å². The van der Waals surface area contributed by atoms with E-state index in [0.717, 1.165) is 36.6 Å². The molecule has 0 unspecified atom stereocenters. The Balaban J connectivity index is 1.72. The molecule has 1 amide bonds. The van der Waals surface area contributed by atoms with E-state index in [-0.39, 0.29) is 5.91 Å². The maximum absolute atomic E-state index is 12.2. The minimum absolute atomic E-state index is 0.0551. The minimum atomic E-state index is 0.0551. The second-order valence-corrected chi connectivity index (χ2v) is 6.48. The lowest BCUT2D eigenvalue weighted by molar-refractivity contribution is 0.0949. The minimum Gasteiger partial charge on any atom is -0.352 e. The third-order valence-electron chi connectivity index (χ3n) is 4.30. The number of nitrogens with zero attached hydrogens (tertiary/aromatic N) is 1. The maximum Gasteiger partial charge on any atom is 0.251 e. The highest BCUT2D eigenvalue weighted by Gasteiger charge is 2.15. The zero-order chi connectivity index (χ0) is 15.2. The van der Waals surface area contributed by atoms with E-state index in [1.165, 1.54) is 31.5 Å². The standard InChI is InChI=1S/C18H28N2O/c1-14-7-8-17(16(3)12-14)18(21)19-9-5-11-20-10-4-6-15(2)13-20/h7-8,12,15H,4-6,9-11,13H2,1-3H3,(H,19,21)/t15-/m0/s1. The van der Waals surface area contributed by atoms with Gasteiger partial charge in [0.25, 0.3) is 5.91 Å². The fourth-order valence-corrected chi connectivity index (χ4v) is 3.16. The van der Waals surface area contributed by atoms with Gasteiger partial charge in [-0.1, -0.05) is 24.6 Å². The fourth-order valence-electron chi connectivity index (χ4n) is 3.16. The Morgan fingerprint density at radius 3 is 2.90 bits per heavy atom. The largest absolute Gasteiger partial charge is 0.352 e. The van der Waals surface area contributed by atoms with Crippen molar-refractivity contribution >= 4 is 5.91 Å². The van der Waals surface area contributed by atoms with Crippen LogP contribution in [0.1, 0.15) is 47.7 Å². The Hall–Kier alpha value is -1.35. The summed E-state index contributed by atoms with van der Waals surface area (Å²) in [7, 11) is 0. The van der Waals surface area contributed by atoms with E-state index in [0.29, 0.717) is 0 Å². The van der Waals surface area contributed by atoms with Crippen LogP contribution in [0.15, 0.2) is 18.2 Å². The van der Waals surface area contributed by atoms with Crippen molar-refractivity contribution in [1.82, 2.24) is 10.2 Å². The highest BCUT2D eigenvalue weighted by molar-refractivity contribution is 5.95. The van der Waals surface area contributed by atoms with Crippen LogP contribution in [0.3, 0.4) is 0 Å². The van der Waals surface area contributed by atoms with E-state index >= 15 is 0 Å². The first-order valence-electron chi connectivity index (χ1n) is 8.14. The molecule has 1 saturated heterocycles. The molecule has 0 spiro atoms. The summed E-state index contributed by atoms with van der Waals surface area (Å²) in [6.07, 6.45) is 3.71. The second kappa shape index (κ2) is 7.60. The predicted molar refractivity (Wildman–Crippen MR) is 87.7 cm³/mol. The van der Waals surface area contributed by atoms with Crippen LogP contribution in [0, 0.1) is 19.8 Å². The molecule has 1 aromatic rings. The number of piperidine rings is 1. The normalized spacial score (nSPS) is 19.5. The topological polar surface area (TPSA) is 32.3 Å². The zero-order valence-corrected chi connectivity index (χ0v) is 13.6. The van der Waals surface area contributed by atoms with Crippen LogP contribution in [-0.2, 0) is 0 Å². The Labute approximate surface area is 128 Å². The van der Waals surface area contributed by atoms with Crippen LogP contribution >= 0.6 is 0 Å². The molecule has 116 valence electrons. The average molecular weight is 288 g/mol. The number of likely N-dealkylation sites (tertiary alicyclic amines) is 1. The SMILES string of the molecule is Cc1ccc(C(=O)NCCCN2CCC[C@H](C)C2)c(C)c1. The van der Waals surface area contributed by atoms with Crippen LogP contribution < -0.4 is 5.32 Å². The molecular formula is C18H28N2O. The Morgan fingerprint density at radius 2 is 2.19 bits per heavy atom. The van der Waals surface area contributed by atoms with Crippen LogP contribution in [0.4, 0.5) is 0 Å². The summed E-state index contributed by atoms with van der Waals surface area (Å²) in [5.74, 6) is 0.878. The van der Waals surface area contributed by atoms with Gasteiger partial charge in [-0.3, -0.25) is 4.79 Å². The van der Waals surface area contributed by atoms with E-state index in [4.69, 9.17) is 0 Å². The van der Waals surface area contributed by atoms with E-state index in [2.05, 4.69) is 23.2 Å². The summed E-state index contributed by atoms with van der Waals surface area (Å²) in [6.45, 7) is 10.7. The number of hydrogen-bond acceptors (Lipinski definition) is 2. The average Bonchev–Trinajstić information content (AvgIpc) is 2.43. The third-order valence-corrected chi connectivity index (χ3v) is 4.30. The zero-order valence-electron chi connectivity index (χ0n) is 13.6. The van der Waals surface area contributed by atoms with Crippen LogP contribution in [0.2, 0.25) is 0 Å². The molecule has 1 aliphatic rings. The number of carbonyl (C=O) groups is 1. The molecule has 3 heteroatoms. The molecule has 1 N–H and O–H groups in total. The lowest BCUT2D eigenvalue weighted by atomic mass is 10.0. The monoisotopic (exact) mass is 288 g/mol. The van der Waals surface area contributed by atoms with Crippen molar-refractivity contribution in [3.8, 4) is 0 Å². The number of carbonyl (C=O) groups excluding carboxylic acids is 1. The van der Waals surface area contributed by atoms with E-state index < -0.39 is 0 Å². The first-order chi connectivity index (χ1) is 10.1. The summed E-state index contributed by atoms with van der Waals surface area (Å²) in [6, 6.07) is 5.98. The van der Waals surface area contributed by atoms with E-state index in [9.17, 15) is 4.79 Å². The van der Waals surface area contributed by atoms with Gasteiger partial charge in [-0.05, 0) is 63.7 Å². The quantitative estimate of drug-likeness (QED) is 0.844. The molecule has 1 fully saturated rings. The van der Waals surface area contributed by atoms with Crippen LogP contribution in [0.25, 0.3) is 0 Å². The van der Waals surface area contributed by atoms with Crippen molar-refractivity contribution in [1.29, 1.82) is 0 Å². The molecule has 1 aliphatic heterocycles. The molecule has 21 heavy (non-hydrogen) atoms. The first-order valence-corrected chi connectivity index (χ1v) is 8.14. The summed E-state index contributed by atoms with van der Waals surface area (Å²) in [5, 5.41) is 3.04. The summed E-state index contributed by atoms with van der Waals surface area (Å²) in [4.78, 5) is 14.7. The molecular weight excluding hydrogens is 260 g/mol. The number of nitrogens with one attached hydrogen (secondary N) is 1. The highest BCUT2D eigenvalue weighted by atomic mass is 16.1. The van der Waals surface area contributed by atoms with Gasteiger partial charge < -0.3 is 10.2 Å². The van der Waals surface area contributed by atoms with Crippen LogP contribution in [0.5, 0.6) is 0 Å². The first kappa shape index (κ1) is 16.0. The highest BCUT2D eigenvalue weighted by Crippen LogP contribution is 2.15. The van der Waals surface area contributed by atoms with Gasteiger partial charge in [0.05, 0.1) is 0 Å². The number of benzene rings is 1. The van der Waals surface area contributed by atoms with Crippen molar-refractivity contribution in [3.05, 3.63) is 34.9 Å². The lowest BCUT2D eigenvalue weighted by Gasteiger charge is -2.30. The summed E-state index contributed by atoms with van der Waals surface area (Å²) in [5.41, 5.74) is 3.05. The summed E-state index contributed by atoms with van der Waals surface area (Å²) < 4.78 is 0. The van der Waals surface area contributed by atoms with E-state index in [1.54, 1.807) is 0 Å². The van der Waals surface area contributed by atoms with Crippen molar-refractivity contribution < 1.29 is 4.79 Å². The second-order valence-electron chi connectivity index (χ2n) is 6.48. The van der Waals surface area contributed by atoms with Gasteiger partial charge >= 0.3 is 0 Å². The maximum atomic E-state index is 12.2. The van der Waals surface area contributed by atoms with Gasteiger partial charge in [-0.25, -0.2) is 0 Å². The van der Waals surface area contributed by atoms with E-state index in [1.807, 2.05) is 26.0 Å². The van der Waals surface area contributed by atoms with Crippen LogP contribution in [-0.4, -0.2) is 37.0 Å². The number of amides is 1. The fraction of sp³-hybridized carbons (Fsp3) is 0.611. The Bertz CT molecular complexity index is 484. The molecule has 0 aliphatic carbocycles. The molecule has 1 atom stereocenters. The Morgan fingerprint density at radius 1 is 1.38 bits per heavy atom. The van der Waals surface area contributed by atoms with Gasteiger partial charge in [-0.2, -0.15) is 0 Å². The summed E-state index contributed by atoms with van der Waals surface area (Å²) >= 11 is 0. The van der Waals surface area contributed by atoms with Crippen molar-refractivity contribution in [2.75, 3.05) is 26.2 Å². The molecule has 0 saturated carbocycles. The molecule has 0 bridgehead atoms. The molecule has 2 rings (SSSR count). The lowest BCUT2D eigenvalue weighted by Crippen LogP contribution is -2.36. The van der Waals surface area contributed by atoms with Gasteiger partial charge in [0, 0.05) is 18.7 Å². The van der Waals surface area contributed by atoms with Gasteiger partial charge in [0.15, 0.2) is 0 Å². The van der Waals surface area contributed by atoms with Gasteiger partial charge in [0.2, 0.25) is 0 Å². The predicted octanol–water partition coefficient (Wildman–Crippen LogP) is 3.16. The molecule has 0 aromatic heterocycles. The number of hydrogen-bond donors (Lipinski definition) is 1. The van der Waals surface area contributed by atoms with Crippen molar-refractivity contribution in [2.45, 2.75) is 40.0 Å². The number of aryl methyl sites for hydroxylation is 2. The van der Waals surface area contributed by atoms with Gasteiger partial charge in [-0.15, -0.1) is 0 Å². The molecule has 3 nitrogen and oxygen atoms in total. The third kappa shape index (κ3) is 4.85. The molecule has 1 aromatic carbocycles.